The molecule has 2 atom stereocenters. The van der Waals surface area contributed by atoms with E-state index in [0.29, 0.717) is 17.4 Å². The number of likely N-dealkylation sites (N-methyl/N-ethyl adjacent to an activating group) is 1. The van der Waals surface area contributed by atoms with Gasteiger partial charge < -0.3 is 27.9 Å². The van der Waals surface area contributed by atoms with Crippen LogP contribution in [0.2, 0.25) is 0 Å². The van der Waals surface area contributed by atoms with Crippen LogP contribution in [0.5, 0.6) is 0 Å². The second-order valence-corrected chi connectivity index (χ2v) is 22.0. The number of quaternary nitrogens is 1. The minimum Gasteiger partial charge on any atom is -0.756 e. The van der Waals surface area contributed by atoms with Crippen LogP contribution in [0.1, 0.15) is 245 Å². The van der Waals surface area contributed by atoms with Gasteiger partial charge in [0.2, 0.25) is 0 Å². The summed E-state index contributed by atoms with van der Waals surface area (Å²) in [5.74, 6) is -0.850. The highest BCUT2D eigenvalue weighted by molar-refractivity contribution is 7.45. The summed E-state index contributed by atoms with van der Waals surface area (Å²) >= 11 is 0. The number of esters is 2. The van der Waals surface area contributed by atoms with Gasteiger partial charge in [-0.2, -0.15) is 0 Å². The summed E-state index contributed by atoms with van der Waals surface area (Å²) in [6.07, 6.45) is 70.6. The topological polar surface area (TPSA) is 111 Å². The molecule has 0 spiro atoms. The molecule has 0 aliphatic carbocycles. The van der Waals surface area contributed by atoms with E-state index < -0.39 is 26.5 Å². The third-order valence-electron chi connectivity index (χ3n) is 12.4. The molecule has 72 heavy (non-hydrogen) atoms. The molecule has 0 saturated heterocycles. The molecule has 416 valence electrons. The molecule has 0 amide bonds. The number of nitrogens with zero attached hydrogens (tertiary/aromatic N) is 1. The number of phosphoric ester groups is 1. The van der Waals surface area contributed by atoms with Crippen molar-refractivity contribution in [3.05, 3.63) is 85.1 Å². The summed E-state index contributed by atoms with van der Waals surface area (Å²) in [5.41, 5.74) is 0. The van der Waals surface area contributed by atoms with Crippen molar-refractivity contribution >= 4 is 19.8 Å². The quantitative estimate of drug-likeness (QED) is 0.0195. The number of phosphoric acid groups is 1. The van der Waals surface area contributed by atoms with Crippen LogP contribution in [0.3, 0.4) is 0 Å². The van der Waals surface area contributed by atoms with E-state index in [1.165, 1.54) is 116 Å². The predicted octanol–water partition coefficient (Wildman–Crippen LogP) is 17.6. The van der Waals surface area contributed by atoms with Crippen LogP contribution in [0.15, 0.2) is 85.1 Å². The lowest BCUT2D eigenvalue weighted by Gasteiger charge is -2.28. The Balaban J connectivity index is 4.14. The fourth-order valence-corrected chi connectivity index (χ4v) is 8.62. The van der Waals surface area contributed by atoms with Gasteiger partial charge in [-0.25, -0.2) is 0 Å². The predicted molar refractivity (Wildman–Crippen MR) is 305 cm³/mol. The van der Waals surface area contributed by atoms with Crippen molar-refractivity contribution in [1.29, 1.82) is 0 Å². The molecule has 0 aliphatic rings. The molecular weight excluding hydrogens is 918 g/mol. The van der Waals surface area contributed by atoms with Gasteiger partial charge in [0.05, 0.1) is 27.7 Å². The number of carbonyl (C=O) groups excluding carboxylic acids is 2. The summed E-state index contributed by atoms with van der Waals surface area (Å²) in [4.78, 5) is 37.9. The van der Waals surface area contributed by atoms with Gasteiger partial charge in [0.15, 0.2) is 6.10 Å². The van der Waals surface area contributed by atoms with Gasteiger partial charge in [-0.05, 0) is 89.9 Å². The lowest BCUT2D eigenvalue weighted by atomic mass is 10.0. The molecule has 0 aromatic carbocycles. The fourth-order valence-electron chi connectivity index (χ4n) is 7.89. The van der Waals surface area contributed by atoms with Gasteiger partial charge in [0.1, 0.15) is 19.8 Å². The molecule has 0 aliphatic heterocycles. The summed E-state index contributed by atoms with van der Waals surface area (Å²) in [7, 11) is 1.15. The van der Waals surface area contributed by atoms with Gasteiger partial charge >= 0.3 is 11.9 Å². The van der Waals surface area contributed by atoms with E-state index in [0.717, 1.165) is 96.3 Å². The standard InChI is InChI=1S/C62H110NO8P/c1-6-8-10-12-14-16-18-20-22-24-26-27-28-29-30-31-32-33-34-35-37-38-40-42-44-46-48-50-52-54-61(64)68-58-60(59-70-72(66,67)69-57-56-63(3,4)5)71-62(65)55-53-51-49-47-45-43-41-39-36-25-23-21-19-17-15-13-11-9-7-2/h9,11,15,17-18,20-21,23-24,26,28-29,36,39,60H,6-8,10,12-14,16,19,22,25,27,30-35,37-38,40-59H2,1-5H3/b11-9-,17-15-,20-18-,23-21-,26-24-,29-28-,39-36-. The van der Waals surface area contributed by atoms with Crippen molar-refractivity contribution in [3.8, 4) is 0 Å². The van der Waals surface area contributed by atoms with Crippen LogP contribution in [0.25, 0.3) is 0 Å². The third-order valence-corrected chi connectivity index (χ3v) is 13.4. The first-order valence-corrected chi connectivity index (χ1v) is 30.8. The minimum absolute atomic E-state index is 0.0374. The molecule has 9 nitrogen and oxygen atoms in total. The van der Waals surface area contributed by atoms with E-state index in [4.69, 9.17) is 18.5 Å². The summed E-state index contributed by atoms with van der Waals surface area (Å²) in [5, 5.41) is 0. The molecule has 0 heterocycles. The minimum atomic E-state index is -4.64. The molecular formula is C62H110NO8P. The smallest absolute Gasteiger partial charge is 0.306 e. The molecule has 10 heteroatoms. The molecule has 0 bridgehead atoms. The van der Waals surface area contributed by atoms with Crippen LogP contribution in [0, 0.1) is 0 Å². The van der Waals surface area contributed by atoms with Crippen LogP contribution in [-0.4, -0.2) is 70.0 Å². The molecule has 0 fully saturated rings. The number of carbonyl (C=O) groups is 2. The highest BCUT2D eigenvalue weighted by Gasteiger charge is 2.22. The molecule has 0 aromatic rings. The van der Waals surface area contributed by atoms with E-state index >= 15 is 0 Å². The maximum atomic E-state index is 12.8. The van der Waals surface area contributed by atoms with Crippen molar-refractivity contribution in [2.45, 2.75) is 251 Å². The van der Waals surface area contributed by atoms with E-state index in [9.17, 15) is 19.0 Å². The van der Waals surface area contributed by atoms with Gasteiger partial charge in [0.25, 0.3) is 7.82 Å². The lowest BCUT2D eigenvalue weighted by Crippen LogP contribution is -2.37. The normalized spacial score (nSPS) is 13.9. The summed E-state index contributed by atoms with van der Waals surface area (Å²) in [6.45, 7) is 4.10. The third kappa shape index (κ3) is 56.5. The van der Waals surface area contributed by atoms with Crippen LogP contribution < -0.4 is 4.89 Å². The Labute approximate surface area is 443 Å². The first kappa shape index (κ1) is 69.2. The number of unbranched alkanes of at least 4 members (excludes halogenated alkanes) is 25. The highest BCUT2D eigenvalue weighted by atomic mass is 31.2. The number of allylic oxidation sites excluding steroid dienone is 14. The maximum absolute atomic E-state index is 12.8. The second kappa shape index (κ2) is 53.0. The Morgan fingerprint density at radius 3 is 1.18 bits per heavy atom. The average Bonchev–Trinajstić information content (AvgIpc) is 3.34. The molecule has 0 rings (SSSR count). The summed E-state index contributed by atoms with van der Waals surface area (Å²) in [6, 6.07) is 0. The van der Waals surface area contributed by atoms with Gasteiger partial charge in [-0.1, -0.05) is 227 Å². The van der Waals surface area contributed by atoms with E-state index in [1.807, 2.05) is 21.1 Å². The van der Waals surface area contributed by atoms with Gasteiger partial charge in [-0.15, -0.1) is 0 Å². The number of hydrogen-bond donors (Lipinski definition) is 0. The van der Waals surface area contributed by atoms with E-state index in [2.05, 4.69) is 98.9 Å². The lowest BCUT2D eigenvalue weighted by molar-refractivity contribution is -0.870. The first-order chi connectivity index (χ1) is 35.0. The molecule has 0 aromatic heterocycles. The molecule has 0 saturated carbocycles. The Kier molecular flexibility index (Phi) is 51.0. The van der Waals surface area contributed by atoms with Crippen LogP contribution in [-0.2, 0) is 32.7 Å². The first-order valence-electron chi connectivity index (χ1n) is 29.3. The van der Waals surface area contributed by atoms with Gasteiger partial charge in [-0.3, -0.25) is 14.2 Å². The molecule has 2 unspecified atom stereocenters. The Bertz CT molecular complexity index is 1490. The second-order valence-electron chi connectivity index (χ2n) is 20.6. The van der Waals surface area contributed by atoms with E-state index in [-0.39, 0.29) is 32.0 Å². The number of hydrogen-bond acceptors (Lipinski definition) is 8. The Morgan fingerprint density at radius 2 is 0.792 bits per heavy atom. The van der Waals surface area contributed by atoms with Crippen molar-refractivity contribution < 1.29 is 42.1 Å². The average molecular weight is 1030 g/mol. The zero-order valence-electron chi connectivity index (χ0n) is 47.1. The highest BCUT2D eigenvalue weighted by Crippen LogP contribution is 2.38. The van der Waals surface area contributed by atoms with Crippen molar-refractivity contribution in [1.82, 2.24) is 0 Å². The SMILES string of the molecule is CC/C=C\C/C=C\C/C=C\C/C=C\CCCCCCCCC(=O)OC(COC(=O)CCCCCCCCCCCCCCCC/C=C\C/C=C\C/C=C\CCCCCCC)COP(=O)([O-])OCC[N+](C)(C)C. The zero-order valence-corrected chi connectivity index (χ0v) is 48.0. The van der Waals surface area contributed by atoms with Crippen molar-refractivity contribution in [2.24, 2.45) is 0 Å². The summed E-state index contributed by atoms with van der Waals surface area (Å²) < 4.78 is 34.1. The number of ether oxygens (including phenoxy) is 2. The monoisotopic (exact) mass is 1030 g/mol. The Morgan fingerprint density at radius 1 is 0.444 bits per heavy atom. The Hall–Kier alpha value is -2.81. The molecule has 0 radical (unpaired) electrons. The molecule has 0 N–H and O–H groups in total. The number of rotatable bonds is 53. The zero-order chi connectivity index (χ0) is 52.7. The van der Waals surface area contributed by atoms with Crippen LogP contribution in [0.4, 0.5) is 0 Å². The van der Waals surface area contributed by atoms with Crippen molar-refractivity contribution in [3.63, 3.8) is 0 Å². The van der Waals surface area contributed by atoms with Crippen LogP contribution >= 0.6 is 7.82 Å². The van der Waals surface area contributed by atoms with Gasteiger partial charge in [0, 0.05) is 12.8 Å². The largest absolute Gasteiger partial charge is 0.756 e. The van der Waals surface area contributed by atoms with E-state index in [1.54, 1.807) is 0 Å². The maximum Gasteiger partial charge on any atom is 0.306 e. The van der Waals surface area contributed by atoms with Crippen molar-refractivity contribution in [2.75, 3.05) is 47.5 Å². The fraction of sp³-hybridized carbons (Fsp3) is 0.742.